The van der Waals surface area contributed by atoms with Crippen LogP contribution in [-0.4, -0.2) is 46.0 Å². The van der Waals surface area contributed by atoms with Gasteiger partial charge in [-0.05, 0) is 18.2 Å². The summed E-state index contributed by atoms with van der Waals surface area (Å²) < 4.78 is 1.16. The average molecular weight is 408 g/mol. The molecule has 4 aromatic rings. The molecule has 8 heteroatoms. The molecule has 0 amide bonds. The Morgan fingerprint density at radius 2 is 2.00 bits per heavy atom. The van der Waals surface area contributed by atoms with E-state index in [1.54, 1.807) is 11.3 Å². The topological polar surface area (TPSA) is 66.0 Å². The first-order valence-corrected chi connectivity index (χ1v) is 10.5. The van der Waals surface area contributed by atoms with E-state index in [2.05, 4.69) is 32.7 Å². The third kappa shape index (κ3) is 3.64. The number of fused-ring (bicyclic) bond motifs is 3. The molecule has 0 aliphatic carbocycles. The highest BCUT2D eigenvalue weighted by molar-refractivity contribution is 7.58. The number of piperazine rings is 1. The van der Waals surface area contributed by atoms with Crippen molar-refractivity contribution in [2.24, 2.45) is 0 Å². The monoisotopic (exact) mass is 407 g/mol. The number of hydrogen-bond donors (Lipinski definition) is 2. The van der Waals surface area contributed by atoms with Gasteiger partial charge in [0, 0.05) is 43.4 Å². The lowest BCUT2D eigenvalue weighted by Gasteiger charge is -2.25. The molecule has 0 atom stereocenters. The Balaban J connectivity index is 1.48. The standard InChI is InChI=1S/C20H20N6S2/c27-15-3-1-2-14(10-15)23-20-22-11-13-4-5-16-19(18(13)25-20)24-17(28-16)12-26-8-6-21-7-9-26/h1-5,10-11,21,27H,6-9,12H2,(H,22,23,25)/p-1. The highest BCUT2D eigenvalue weighted by Gasteiger charge is 2.15. The van der Waals surface area contributed by atoms with Gasteiger partial charge in [0.05, 0.1) is 11.2 Å². The molecule has 142 valence electrons. The molecule has 0 unspecified atom stereocenters. The lowest BCUT2D eigenvalue weighted by Crippen LogP contribution is -2.42. The molecular weight excluding hydrogens is 388 g/mol. The van der Waals surface area contributed by atoms with Crippen LogP contribution in [0.5, 0.6) is 0 Å². The zero-order valence-corrected chi connectivity index (χ0v) is 16.8. The number of thiazole rings is 1. The predicted octanol–water partition coefficient (Wildman–Crippen LogP) is 3.29. The molecule has 2 aromatic heterocycles. The fourth-order valence-corrected chi connectivity index (χ4v) is 4.64. The number of anilines is 2. The molecule has 28 heavy (non-hydrogen) atoms. The van der Waals surface area contributed by atoms with E-state index in [1.807, 2.05) is 30.5 Å². The summed E-state index contributed by atoms with van der Waals surface area (Å²) in [4.78, 5) is 17.3. The smallest absolute Gasteiger partial charge is 0.227 e. The molecule has 1 aliphatic heterocycles. The van der Waals surface area contributed by atoms with Crippen molar-refractivity contribution in [2.75, 3.05) is 31.5 Å². The van der Waals surface area contributed by atoms with Gasteiger partial charge in [0.2, 0.25) is 5.95 Å². The number of aromatic nitrogens is 3. The Morgan fingerprint density at radius 3 is 2.86 bits per heavy atom. The van der Waals surface area contributed by atoms with E-state index in [1.165, 1.54) is 0 Å². The summed E-state index contributed by atoms with van der Waals surface area (Å²) in [5, 5.41) is 8.77. The van der Waals surface area contributed by atoms with Crippen molar-refractivity contribution in [1.29, 1.82) is 0 Å². The lowest BCUT2D eigenvalue weighted by atomic mass is 10.2. The van der Waals surface area contributed by atoms with Crippen LogP contribution in [0.1, 0.15) is 5.01 Å². The second-order valence-corrected chi connectivity index (χ2v) is 8.42. The Hall–Kier alpha value is -2.39. The third-order valence-corrected chi connectivity index (χ3v) is 6.07. The van der Waals surface area contributed by atoms with Gasteiger partial charge in [0.1, 0.15) is 16.0 Å². The molecule has 0 saturated carbocycles. The highest BCUT2D eigenvalue weighted by Crippen LogP contribution is 2.29. The maximum atomic E-state index is 5.23. The molecule has 2 aromatic carbocycles. The van der Waals surface area contributed by atoms with E-state index < -0.39 is 0 Å². The van der Waals surface area contributed by atoms with Gasteiger partial charge >= 0.3 is 0 Å². The van der Waals surface area contributed by atoms with Crippen LogP contribution in [0.3, 0.4) is 0 Å². The van der Waals surface area contributed by atoms with E-state index in [9.17, 15) is 0 Å². The number of rotatable bonds is 4. The van der Waals surface area contributed by atoms with E-state index in [0.717, 1.165) is 69.4 Å². The van der Waals surface area contributed by atoms with Crippen LogP contribution in [0.2, 0.25) is 0 Å². The van der Waals surface area contributed by atoms with Crippen LogP contribution >= 0.6 is 11.3 Å². The van der Waals surface area contributed by atoms with Gasteiger partial charge in [-0.25, -0.2) is 15.0 Å². The number of benzene rings is 2. The van der Waals surface area contributed by atoms with Gasteiger partial charge < -0.3 is 23.3 Å². The Kier molecular flexibility index (Phi) is 4.77. The fraction of sp³-hybridized carbons (Fsp3) is 0.250. The lowest BCUT2D eigenvalue weighted by molar-refractivity contribution is 0.233. The van der Waals surface area contributed by atoms with Gasteiger partial charge in [-0.1, -0.05) is 18.2 Å². The van der Waals surface area contributed by atoms with Crippen LogP contribution in [0.25, 0.3) is 21.1 Å². The largest absolute Gasteiger partial charge is 0.780 e. The fourth-order valence-electron chi connectivity index (χ4n) is 3.42. The minimum absolute atomic E-state index is 0.553. The van der Waals surface area contributed by atoms with Crippen molar-refractivity contribution in [2.45, 2.75) is 11.4 Å². The van der Waals surface area contributed by atoms with Crippen molar-refractivity contribution >= 4 is 56.7 Å². The average Bonchev–Trinajstić information content (AvgIpc) is 3.12. The van der Waals surface area contributed by atoms with Crippen LogP contribution < -0.4 is 10.6 Å². The first-order valence-electron chi connectivity index (χ1n) is 9.27. The van der Waals surface area contributed by atoms with Crippen molar-refractivity contribution in [3.8, 4) is 0 Å². The number of nitrogens with zero attached hydrogens (tertiary/aromatic N) is 4. The zero-order valence-electron chi connectivity index (χ0n) is 15.2. The summed E-state index contributed by atoms with van der Waals surface area (Å²) in [7, 11) is 0. The van der Waals surface area contributed by atoms with Crippen LogP contribution in [0.4, 0.5) is 11.6 Å². The summed E-state index contributed by atoms with van der Waals surface area (Å²) in [6.07, 6.45) is 1.84. The summed E-state index contributed by atoms with van der Waals surface area (Å²) in [6, 6.07) is 11.9. The Bertz CT molecular complexity index is 1140. The van der Waals surface area contributed by atoms with Crippen LogP contribution in [0.15, 0.2) is 47.5 Å². The van der Waals surface area contributed by atoms with Crippen molar-refractivity contribution in [3.05, 3.63) is 47.6 Å². The maximum Gasteiger partial charge on any atom is 0.227 e. The molecule has 3 heterocycles. The van der Waals surface area contributed by atoms with E-state index in [4.69, 9.17) is 22.6 Å². The van der Waals surface area contributed by atoms with Crippen LogP contribution in [-0.2, 0) is 19.2 Å². The van der Waals surface area contributed by atoms with Gasteiger partial charge in [-0.3, -0.25) is 4.90 Å². The summed E-state index contributed by atoms with van der Waals surface area (Å²) in [5.41, 5.74) is 2.72. The minimum Gasteiger partial charge on any atom is -0.780 e. The predicted molar refractivity (Wildman–Crippen MR) is 116 cm³/mol. The SMILES string of the molecule is [S-]c1cccc(Nc2ncc3ccc4sc(CN5CCNCC5)nc4c3n2)c1. The molecule has 5 rings (SSSR count). The van der Waals surface area contributed by atoms with E-state index in [0.29, 0.717) is 5.95 Å². The molecular formula is C20H19N6S2-. The summed E-state index contributed by atoms with van der Waals surface area (Å²) in [5.74, 6) is 0.553. The second kappa shape index (κ2) is 7.56. The highest BCUT2D eigenvalue weighted by atomic mass is 32.1. The van der Waals surface area contributed by atoms with Gasteiger partial charge in [-0.2, -0.15) is 4.90 Å². The van der Waals surface area contributed by atoms with Gasteiger partial charge in [0.15, 0.2) is 0 Å². The molecule has 1 fully saturated rings. The van der Waals surface area contributed by atoms with Gasteiger partial charge in [0.25, 0.3) is 0 Å². The minimum atomic E-state index is 0.553. The first kappa shape index (κ1) is 17.7. The molecule has 2 N–H and O–H groups in total. The van der Waals surface area contributed by atoms with E-state index >= 15 is 0 Å². The molecule has 0 bridgehead atoms. The molecule has 0 radical (unpaired) electrons. The Labute approximate surface area is 172 Å². The van der Waals surface area contributed by atoms with E-state index in [-0.39, 0.29) is 0 Å². The number of hydrogen-bond acceptors (Lipinski definition) is 8. The van der Waals surface area contributed by atoms with Crippen LogP contribution in [0, 0.1) is 0 Å². The van der Waals surface area contributed by atoms with Crippen molar-refractivity contribution in [3.63, 3.8) is 0 Å². The number of nitrogens with one attached hydrogen (secondary N) is 2. The summed E-state index contributed by atoms with van der Waals surface area (Å²) in [6.45, 7) is 5.11. The zero-order chi connectivity index (χ0) is 18.9. The van der Waals surface area contributed by atoms with Crippen molar-refractivity contribution in [1.82, 2.24) is 25.2 Å². The molecule has 0 spiro atoms. The summed E-state index contributed by atoms with van der Waals surface area (Å²) >= 11 is 6.98. The third-order valence-electron chi connectivity index (χ3n) is 4.81. The normalized spacial score (nSPS) is 15.3. The maximum absolute atomic E-state index is 5.23. The molecule has 1 saturated heterocycles. The van der Waals surface area contributed by atoms with Crippen molar-refractivity contribution < 1.29 is 0 Å². The molecule has 6 nitrogen and oxygen atoms in total. The Morgan fingerprint density at radius 1 is 1.11 bits per heavy atom. The second-order valence-electron chi connectivity index (χ2n) is 6.83. The first-order chi connectivity index (χ1) is 13.7. The quantitative estimate of drug-likeness (QED) is 0.503. The van der Waals surface area contributed by atoms with Gasteiger partial charge in [-0.15, -0.1) is 11.3 Å². The molecule has 1 aliphatic rings.